The highest BCUT2D eigenvalue weighted by Gasteiger charge is 2.05. The molecule has 3 nitrogen and oxygen atoms in total. The maximum Gasteiger partial charge on any atom is 0.121 e. The van der Waals surface area contributed by atoms with Crippen LogP contribution in [0.4, 0.5) is 0 Å². The molecule has 0 saturated heterocycles. The van der Waals surface area contributed by atoms with Crippen LogP contribution < -0.4 is 4.74 Å². The summed E-state index contributed by atoms with van der Waals surface area (Å²) >= 11 is 5.90. The Balaban J connectivity index is 1.82. The summed E-state index contributed by atoms with van der Waals surface area (Å²) in [6.45, 7) is 0.450. The number of aromatic hydroxyl groups is 1. The lowest BCUT2D eigenvalue weighted by Crippen LogP contribution is -1.94. The number of nitrogens with one attached hydrogen (secondary N) is 1. The predicted molar refractivity (Wildman–Crippen MR) is 75.7 cm³/mol. The zero-order valence-electron chi connectivity index (χ0n) is 10.1. The van der Waals surface area contributed by atoms with Crippen LogP contribution in [-0.4, -0.2) is 10.1 Å². The standard InChI is InChI=1S/C15H12ClNO2/c16-11-2-1-3-13(6-11)19-9-10-8-17-15-7-12(18)4-5-14(10)15/h1-8,17-18H,9H2. The number of ether oxygens (including phenoxy) is 1. The molecule has 2 aromatic carbocycles. The summed E-state index contributed by atoms with van der Waals surface area (Å²) in [5, 5.41) is 11.1. The van der Waals surface area contributed by atoms with Crippen molar-refractivity contribution in [2.75, 3.05) is 0 Å². The van der Waals surface area contributed by atoms with Crippen molar-refractivity contribution < 1.29 is 9.84 Å². The first-order valence-electron chi connectivity index (χ1n) is 5.90. The van der Waals surface area contributed by atoms with E-state index in [1.165, 1.54) is 0 Å². The van der Waals surface area contributed by atoms with Gasteiger partial charge in [0, 0.05) is 33.8 Å². The van der Waals surface area contributed by atoms with E-state index in [1.54, 1.807) is 18.2 Å². The van der Waals surface area contributed by atoms with Gasteiger partial charge in [0.15, 0.2) is 0 Å². The number of halogens is 1. The van der Waals surface area contributed by atoms with Crippen LogP contribution in [0.2, 0.25) is 5.02 Å². The number of rotatable bonds is 3. The Morgan fingerprint density at radius 1 is 1.16 bits per heavy atom. The maximum absolute atomic E-state index is 9.41. The Kier molecular flexibility index (Phi) is 3.05. The summed E-state index contributed by atoms with van der Waals surface area (Å²) in [6, 6.07) is 12.5. The fourth-order valence-corrected chi connectivity index (χ4v) is 2.19. The van der Waals surface area contributed by atoms with Crippen molar-refractivity contribution in [3.05, 3.63) is 59.2 Å². The van der Waals surface area contributed by atoms with Crippen LogP contribution in [0.3, 0.4) is 0 Å². The Labute approximate surface area is 115 Å². The van der Waals surface area contributed by atoms with Crippen LogP contribution in [0.1, 0.15) is 5.56 Å². The van der Waals surface area contributed by atoms with E-state index in [0.717, 1.165) is 22.2 Å². The second-order valence-corrected chi connectivity index (χ2v) is 4.73. The highest BCUT2D eigenvalue weighted by molar-refractivity contribution is 6.30. The van der Waals surface area contributed by atoms with Gasteiger partial charge >= 0.3 is 0 Å². The number of benzene rings is 2. The molecule has 3 rings (SSSR count). The van der Waals surface area contributed by atoms with Crippen LogP contribution >= 0.6 is 11.6 Å². The van der Waals surface area contributed by atoms with E-state index in [0.29, 0.717) is 11.6 Å². The van der Waals surface area contributed by atoms with Crippen molar-refractivity contribution in [2.45, 2.75) is 6.61 Å². The minimum Gasteiger partial charge on any atom is -0.508 e. The Hall–Kier alpha value is -2.13. The molecule has 0 aliphatic rings. The lowest BCUT2D eigenvalue weighted by Gasteiger charge is -2.05. The van der Waals surface area contributed by atoms with Gasteiger partial charge in [-0.05, 0) is 30.3 Å². The molecule has 3 aromatic rings. The monoisotopic (exact) mass is 273 g/mol. The molecule has 0 saturated carbocycles. The molecule has 19 heavy (non-hydrogen) atoms. The third kappa shape index (κ3) is 2.51. The van der Waals surface area contributed by atoms with Gasteiger partial charge in [0.25, 0.3) is 0 Å². The fraction of sp³-hybridized carbons (Fsp3) is 0.0667. The molecule has 0 radical (unpaired) electrons. The molecule has 96 valence electrons. The number of H-pyrrole nitrogens is 1. The molecule has 0 aliphatic heterocycles. The molecular formula is C15H12ClNO2. The van der Waals surface area contributed by atoms with Gasteiger partial charge in [0.1, 0.15) is 18.1 Å². The van der Waals surface area contributed by atoms with Gasteiger partial charge in [-0.1, -0.05) is 17.7 Å². The summed E-state index contributed by atoms with van der Waals surface area (Å²) in [5.41, 5.74) is 1.93. The average Bonchev–Trinajstić information content (AvgIpc) is 2.78. The fourth-order valence-electron chi connectivity index (χ4n) is 2.01. The second-order valence-electron chi connectivity index (χ2n) is 4.29. The van der Waals surface area contributed by atoms with Gasteiger partial charge < -0.3 is 14.8 Å². The van der Waals surface area contributed by atoms with Crippen molar-refractivity contribution in [1.29, 1.82) is 0 Å². The second kappa shape index (κ2) is 4.86. The summed E-state index contributed by atoms with van der Waals surface area (Å²) in [5.74, 6) is 0.984. The largest absolute Gasteiger partial charge is 0.508 e. The van der Waals surface area contributed by atoms with Gasteiger partial charge in [-0.2, -0.15) is 0 Å². The van der Waals surface area contributed by atoms with Crippen molar-refractivity contribution in [3.8, 4) is 11.5 Å². The number of fused-ring (bicyclic) bond motifs is 1. The third-order valence-electron chi connectivity index (χ3n) is 2.94. The number of hydrogen-bond acceptors (Lipinski definition) is 2. The summed E-state index contributed by atoms with van der Waals surface area (Å²) < 4.78 is 5.70. The summed E-state index contributed by atoms with van der Waals surface area (Å²) in [6.07, 6.45) is 1.88. The van der Waals surface area contributed by atoms with Gasteiger partial charge in [-0.25, -0.2) is 0 Å². The number of aromatic nitrogens is 1. The minimum absolute atomic E-state index is 0.247. The van der Waals surface area contributed by atoms with Crippen LogP contribution in [0.5, 0.6) is 11.5 Å². The molecule has 0 amide bonds. The van der Waals surface area contributed by atoms with Crippen LogP contribution in [0.15, 0.2) is 48.7 Å². The lowest BCUT2D eigenvalue weighted by molar-refractivity contribution is 0.307. The van der Waals surface area contributed by atoms with Crippen LogP contribution in [0, 0.1) is 0 Å². The quantitative estimate of drug-likeness (QED) is 0.754. The number of hydrogen-bond donors (Lipinski definition) is 2. The van der Waals surface area contributed by atoms with Gasteiger partial charge in [0.05, 0.1) is 0 Å². The average molecular weight is 274 g/mol. The van der Waals surface area contributed by atoms with Crippen LogP contribution in [-0.2, 0) is 6.61 Å². The van der Waals surface area contributed by atoms with E-state index in [-0.39, 0.29) is 5.75 Å². The van der Waals surface area contributed by atoms with E-state index in [2.05, 4.69) is 4.98 Å². The van der Waals surface area contributed by atoms with E-state index >= 15 is 0 Å². The summed E-state index contributed by atoms with van der Waals surface area (Å²) in [7, 11) is 0. The van der Waals surface area contributed by atoms with Crippen molar-refractivity contribution in [3.63, 3.8) is 0 Å². The van der Waals surface area contributed by atoms with Gasteiger partial charge in [-0.15, -0.1) is 0 Å². The first kappa shape index (κ1) is 11.9. The van der Waals surface area contributed by atoms with Gasteiger partial charge in [-0.3, -0.25) is 0 Å². The van der Waals surface area contributed by atoms with Gasteiger partial charge in [0.2, 0.25) is 0 Å². The normalized spacial score (nSPS) is 10.8. The van der Waals surface area contributed by atoms with E-state index in [1.807, 2.05) is 30.5 Å². The molecule has 1 heterocycles. The molecule has 0 atom stereocenters. The SMILES string of the molecule is Oc1ccc2c(COc3cccc(Cl)c3)c[nH]c2c1. The van der Waals surface area contributed by atoms with Crippen molar-refractivity contribution >= 4 is 22.5 Å². The van der Waals surface area contributed by atoms with E-state index < -0.39 is 0 Å². The molecule has 1 aromatic heterocycles. The molecule has 0 spiro atoms. The van der Waals surface area contributed by atoms with Crippen LogP contribution in [0.25, 0.3) is 10.9 Å². The maximum atomic E-state index is 9.41. The van der Waals surface area contributed by atoms with Crippen molar-refractivity contribution in [2.24, 2.45) is 0 Å². The number of phenolic OH excluding ortho intramolecular Hbond substituents is 1. The molecule has 4 heteroatoms. The zero-order valence-corrected chi connectivity index (χ0v) is 10.8. The van der Waals surface area contributed by atoms with E-state index in [4.69, 9.17) is 16.3 Å². The number of phenols is 1. The molecule has 0 aliphatic carbocycles. The lowest BCUT2D eigenvalue weighted by atomic mass is 10.2. The minimum atomic E-state index is 0.247. The Morgan fingerprint density at radius 3 is 2.89 bits per heavy atom. The molecule has 0 unspecified atom stereocenters. The molecule has 2 N–H and O–H groups in total. The molecular weight excluding hydrogens is 262 g/mol. The smallest absolute Gasteiger partial charge is 0.121 e. The zero-order chi connectivity index (χ0) is 13.2. The third-order valence-corrected chi connectivity index (χ3v) is 3.18. The Morgan fingerprint density at radius 2 is 2.05 bits per heavy atom. The molecule has 0 fully saturated rings. The number of aromatic amines is 1. The Bertz CT molecular complexity index is 721. The highest BCUT2D eigenvalue weighted by Crippen LogP contribution is 2.24. The molecule has 0 bridgehead atoms. The topological polar surface area (TPSA) is 45.2 Å². The predicted octanol–water partition coefficient (Wildman–Crippen LogP) is 4.11. The van der Waals surface area contributed by atoms with E-state index in [9.17, 15) is 5.11 Å². The van der Waals surface area contributed by atoms with Crippen molar-refractivity contribution in [1.82, 2.24) is 4.98 Å². The highest BCUT2D eigenvalue weighted by atomic mass is 35.5. The first-order valence-corrected chi connectivity index (χ1v) is 6.27. The summed E-state index contributed by atoms with van der Waals surface area (Å²) in [4.78, 5) is 3.11. The first-order chi connectivity index (χ1) is 9.22.